The van der Waals surface area contributed by atoms with Crippen molar-refractivity contribution in [3.05, 3.63) is 59.8 Å². The Hall–Kier alpha value is -3.61. The van der Waals surface area contributed by atoms with Gasteiger partial charge in [-0.1, -0.05) is 18.2 Å². The number of carbonyl (C=O) groups excluding carboxylic acids is 2. The van der Waals surface area contributed by atoms with Gasteiger partial charge < -0.3 is 29.9 Å². The highest BCUT2D eigenvalue weighted by Crippen LogP contribution is 2.33. The van der Waals surface area contributed by atoms with Crippen LogP contribution in [-0.2, 0) is 0 Å². The van der Waals surface area contributed by atoms with Crippen molar-refractivity contribution in [1.82, 2.24) is 4.98 Å². The minimum absolute atomic E-state index is 0.0899. The van der Waals surface area contributed by atoms with Gasteiger partial charge >= 0.3 is 0 Å². The molecule has 7 heteroatoms. The number of carboxylic acids is 2. The first-order chi connectivity index (χ1) is 12.0. The Morgan fingerprint density at radius 2 is 1.84 bits per heavy atom. The Bertz CT molecular complexity index is 979. The van der Waals surface area contributed by atoms with E-state index in [0.717, 1.165) is 6.20 Å². The maximum absolute atomic E-state index is 11.5. The molecule has 0 aliphatic rings. The fourth-order valence-corrected chi connectivity index (χ4v) is 2.49. The number of hydrogen-bond donors (Lipinski definition) is 1. The number of rotatable bonds is 5. The summed E-state index contributed by atoms with van der Waals surface area (Å²) in [6, 6.07) is 11.1. The van der Waals surface area contributed by atoms with Crippen molar-refractivity contribution < 1.29 is 24.5 Å². The van der Waals surface area contributed by atoms with Crippen LogP contribution in [-0.4, -0.2) is 24.0 Å². The lowest BCUT2D eigenvalue weighted by molar-refractivity contribution is -0.256. The minimum atomic E-state index is -1.44. The second-order valence-corrected chi connectivity index (χ2v) is 5.18. The first kappa shape index (κ1) is 16.3. The largest absolute Gasteiger partial charge is 0.545 e. The Morgan fingerprint density at radius 1 is 1.08 bits per heavy atom. The summed E-state index contributed by atoms with van der Waals surface area (Å²) >= 11 is 0. The van der Waals surface area contributed by atoms with Gasteiger partial charge in [0, 0.05) is 17.1 Å². The summed E-state index contributed by atoms with van der Waals surface area (Å²) in [5, 5.41) is 25.9. The number of para-hydroxylation sites is 2. The first-order valence-electron chi connectivity index (χ1n) is 7.26. The number of ether oxygens (including phenoxy) is 1. The molecule has 7 nitrogen and oxygen atoms in total. The van der Waals surface area contributed by atoms with Crippen molar-refractivity contribution >= 4 is 34.2 Å². The van der Waals surface area contributed by atoms with E-state index in [0.29, 0.717) is 22.3 Å². The molecule has 0 spiro atoms. The van der Waals surface area contributed by atoms with Crippen molar-refractivity contribution in [3.8, 4) is 5.75 Å². The first-order valence-corrected chi connectivity index (χ1v) is 7.26. The average Bonchev–Trinajstić information content (AvgIpc) is 2.61. The zero-order chi connectivity index (χ0) is 18.0. The molecule has 0 aliphatic heterocycles. The topological polar surface area (TPSA) is 114 Å². The Balaban J connectivity index is 2.25. The number of anilines is 2. The van der Waals surface area contributed by atoms with Gasteiger partial charge in [0.15, 0.2) is 0 Å². The highest BCUT2D eigenvalue weighted by Gasteiger charge is 2.13. The third-order valence-electron chi connectivity index (χ3n) is 3.69. The maximum Gasteiger partial charge on any atom is 0.142 e. The molecule has 0 bridgehead atoms. The number of aromatic nitrogens is 1. The predicted molar refractivity (Wildman–Crippen MR) is 86.7 cm³/mol. The number of nitrogens with one attached hydrogen (secondary N) is 1. The van der Waals surface area contributed by atoms with E-state index in [1.165, 1.54) is 25.3 Å². The molecule has 0 aliphatic carbocycles. The number of pyridine rings is 1. The van der Waals surface area contributed by atoms with Crippen molar-refractivity contribution in [1.29, 1.82) is 0 Å². The third kappa shape index (κ3) is 3.07. The van der Waals surface area contributed by atoms with E-state index in [1.807, 2.05) is 0 Å². The van der Waals surface area contributed by atoms with Crippen molar-refractivity contribution in [3.63, 3.8) is 0 Å². The smallest absolute Gasteiger partial charge is 0.142 e. The third-order valence-corrected chi connectivity index (χ3v) is 3.69. The minimum Gasteiger partial charge on any atom is -0.545 e. The molecule has 3 aromatic rings. The molecule has 25 heavy (non-hydrogen) atoms. The van der Waals surface area contributed by atoms with Crippen molar-refractivity contribution in [2.45, 2.75) is 0 Å². The van der Waals surface area contributed by atoms with E-state index in [1.54, 1.807) is 24.3 Å². The summed E-state index contributed by atoms with van der Waals surface area (Å²) < 4.78 is 5.25. The molecule has 1 heterocycles. The molecule has 0 saturated heterocycles. The van der Waals surface area contributed by atoms with Gasteiger partial charge in [0.1, 0.15) is 5.75 Å². The van der Waals surface area contributed by atoms with Gasteiger partial charge in [-0.25, -0.2) is 0 Å². The van der Waals surface area contributed by atoms with Crippen LogP contribution in [0.4, 0.5) is 11.4 Å². The van der Waals surface area contributed by atoms with Gasteiger partial charge in [-0.3, -0.25) is 4.98 Å². The van der Waals surface area contributed by atoms with Crippen molar-refractivity contribution in [2.75, 3.05) is 12.4 Å². The Kier molecular flexibility index (Phi) is 4.21. The molecule has 2 aromatic carbocycles. The van der Waals surface area contributed by atoms with E-state index < -0.39 is 11.9 Å². The molecular weight excluding hydrogens is 324 g/mol. The molecular formula is C18H12N2O5-2. The van der Waals surface area contributed by atoms with Crippen LogP contribution in [0, 0.1) is 0 Å². The molecule has 126 valence electrons. The second kappa shape index (κ2) is 6.48. The van der Waals surface area contributed by atoms with Crippen LogP contribution in [0.25, 0.3) is 10.9 Å². The normalized spacial score (nSPS) is 10.4. The Morgan fingerprint density at radius 3 is 2.52 bits per heavy atom. The number of fused-ring (bicyclic) bond motifs is 1. The van der Waals surface area contributed by atoms with Crippen LogP contribution in [0.3, 0.4) is 0 Å². The van der Waals surface area contributed by atoms with Gasteiger partial charge in [-0.15, -0.1) is 0 Å². The highest BCUT2D eigenvalue weighted by atomic mass is 16.5. The Labute approximate surface area is 142 Å². The molecule has 0 unspecified atom stereocenters. The van der Waals surface area contributed by atoms with E-state index in [4.69, 9.17) is 4.74 Å². The van der Waals surface area contributed by atoms with Crippen molar-refractivity contribution in [2.24, 2.45) is 0 Å². The predicted octanol–water partition coefficient (Wildman–Crippen LogP) is 0.714. The molecule has 1 N–H and O–H groups in total. The zero-order valence-electron chi connectivity index (χ0n) is 13.1. The lowest BCUT2D eigenvalue weighted by atomic mass is 10.1. The highest BCUT2D eigenvalue weighted by molar-refractivity contribution is 6.06. The number of carbonyl (C=O) groups is 2. The summed E-state index contributed by atoms with van der Waals surface area (Å²) in [5.41, 5.74) is 0.811. The van der Waals surface area contributed by atoms with Gasteiger partial charge in [-0.2, -0.15) is 0 Å². The zero-order valence-corrected chi connectivity index (χ0v) is 13.1. The molecule has 0 amide bonds. The number of methoxy groups -OCH3 is 1. The molecule has 0 fully saturated rings. The van der Waals surface area contributed by atoms with Crippen LogP contribution in [0.15, 0.2) is 48.7 Å². The molecule has 3 rings (SSSR count). The monoisotopic (exact) mass is 336 g/mol. The molecule has 0 saturated carbocycles. The van der Waals surface area contributed by atoms with Gasteiger partial charge in [-0.05, 0) is 29.8 Å². The number of hydrogen-bond acceptors (Lipinski definition) is 7. The van der Waals surface area contributed by atoms with Gasteiger partial charge in [0.2, 0.25) is 0 Å². The van der Waals surface area contributed by atoms with E-state index in [2.05, 4.69) is 10.3 Å². The van der Waals surface area contributed by atoms with Crippen LogP contribution in [0.5, 0.6) is 5.75 Å². The average molecular weight is 336 g/mol. The van der Waals surface area contributed by atoms with Crippen LogP contribution < -0.4 is 20.3 Å². The van der Waals surface area contributed by atoms with E-state index >= 15 is 0 Å². The van der Waals surface area contributed by atoms with Crippen LogP contribution >= 0.6 is 0 Å². The van der Waals surface area contributed by atoms with Gasteiger partial charge in [0.25, 0.3) is 0 Å². The summed E-state index contributed by atoms with van der Waals surface area (Å²) in [6.45, 7) is 0. The number of benzene rings is 2. The molecule has 1 aromatic heterocycles. The second-order valence-electron chi connectivity index (χ2n) is 5.18. The van der Waals surface area contributed by atoms with Crippen LogP contribution in [0.2, 0.25) is 0 Å². The number of carboxylic acid groups (broad SMARTS) is 2. The number of nitrogens with zero attached hydrogens (tertiary/aromatic N) is 1. The van der Waals surface area contributed by atoms with E-state index in [9.17, 15) is 19.8 Å². The standard InChI is InChI=1S/C18H14N2O5/c1-25-15-5-3-2-4-14(15)20-16-11-8-10(17(21)22)6-7-13(11)19-9-12(16)18(23)24/h2-9H,1H3,(H,19,20)(H,21,22)(H,23,24)/p-2. The molecule has 0 radical (unpaired) electrons. The number of aromatic carboxylic acids is 2. The lowest BCUT2D eigenvalue weighted by Gasteiger charge is -2.17. The van der Waals surface area contributed by atoms with E-state index in [-0.39, 0.29) is 16.8 Å². The fourth-order valence-electron chi connectivity index (χ4n) is 2.49. The van der Waals surface area contributed by atoms with Gasteiger partial charge in [0.05, 0.1) is 35.9 Å². The summed E-state index contributed by atoms with van der Waals surface area (Å²) in [6.07, 6.45) is 1.16. The maximum atomic E-state index is 11.5. The summed E-state index contributed by atoms with van der Waals surface area (Å²) in [4.78, 5) is 26.7. The summed E-state index contributed by atoms with van der Waals surface area (Å²) in [5.74, 6) is -2.32. The summed E-state index contributed by atoms with van der Waals surface area (Å²) in [7, 11) is 1.49. The SMILES string of the molecule is COc1ccccc1Nc1c(C(=O)[O-])cnc2ccc(C(=O)[O-])cc12. The fraction of sp³-hybridized carbons (Fsp3) is 0.0556. The lowest BCUT2D eigenvalue weighted by Crippen LogP contribution is -2.24. The van der Waals surface area contributed by atoms with Crippen LogP contribution in [0.1, 0.15) is 20.7 Å². The quantitative estimate of drug-likeness (QED) is 0.730. The molecule has 0 atom stereocenters.